The van der Waals surface area contributed by atoms with Crippen LogP contribution in [0.5, 0.6) is 0 Å². The summed E-state index contributed by atoms with van der Waals surface area (Å²) in [5.41, 5.74) is 0.300. The fraction of sp³-hybridized carbons (Fsp3) is 0.500. The van der Waals surface area contributed by atoms with Gasteiger partial charge in [0.15, 0.2) is 0 Å². The summed E-state index contributed by atoms with van der Waals surface area (Å²) in [6, 6.07) is 3.74. The summed E-state index contributed by atoms with van der Waals surface area (Å²) in [6.45, 7) is 5.48. The molecule has 1 heterocycles. The molecular formula is C12H18N2O2. The minimum Gasteiger partial charge on any atom is -0.369 e. The molecule has 88 valence electrons. The Hall–Kier alpha value is -1.42. The second kappa shape index (κ2) is 5.07. The third-order valence-corrected chi connectivity index (χ3v) is 2.53. The molecule has 16 heavy (non-hydrogen) atoms. The van der Waals surface area contributed by atoms with Gasteiger partial charge >= 0.3 is 0 Å². The molecule has 0 saturated heterocycles. The molecular weight excluding hydrogens is 204 g/mol. The number of carbonyl (C=O) groups is 1. The van der Waals surface area contributed by atoms with Gasteiger partial charge in [-0.2, -0.15) is 0 Å². The standard InChI is InChI=1S/C12H18N2O2/c1-5-9-6-7-10(13-8-9)14-11(15)12(2,3)16-4/h6-8H,5H2,1-4H3,(H,13,14,15). The summed E-state index contributed by atoms with van der Waals surface area (Å²) in [4.78, 5) is 15.9. The van der Waals surface area contributed by atoms with Crippen LogP contribution in [0.3, 0.4) is 0 Å². The Morgan fingerprint density at radius 1 is 1.50 bits per heavy atom. The van der Waals surface area contributed by atoms with E-state index in [1.165, 1.54) is 7.11 Å². The van der Waals surface area contributed by atoms with Crippen LogP contribution in [0.1, 0.15) is 26.3 Å². The molecule has 0 aliphatic rings. The molecule has 0 saturated carbocycles. The largest absolute Gasteiger partial charge is 0.369 e. The Morgan fingerprint density at radius 3 is 2.62 bits per heavy atom. The van der Waals surface area contributed by atoms with Crippen molar-refractivity contribution in [3.8, 4) is 0 Å². The summed E-state index contributed by atoms with van der Waals surface area (Å²) in [6.07, 6.45) is 2.69. The van der Waals surface area contributed by atoms with E-state index >= 15 is 0 Å². The van der Waals surface area contributed by atoms with Crippen molar-refractivity contribution in [3.05, 3.63) is 23.9 Å². The van der Waals surface area contributed by atoms with Crippen molar-refractivity contribution in [2.24, 2.45) is 0 Å². The van der Waals surface area contributed by atoms with Crippen LogP contribution in [0.4, 0.5) is 5.82 Å². The van der Waals surface area contributed by atoms with Crippen molar-refractivity contribution in [3.63, 3.8) is 0 Å². The molecule has 0 unspecified atom stereocenters. The fourth-order valence-corrected chi connectivity index (χ4v) is 1.07. The number of pyridine rings is 1. The van der Waals surface area contributed by atoms with Crippen molar-refractivity contribution >= 4 is 11.7 Å². The number of aromatic nitrogens is 1. The van der Waals surface area contributed by atoms with Crippen LogP contribution >= 0.6 is 0 Å². The molecule has 0 aliphatic heterocycles. The van der Waals surface area contributed by atoms with E-state index in [9.17, 15) is 4.79 Å². The molecule has 1 aromatic heterocycles. The summed E-state index contributed by atoms with van der Waals surface area (Å²) in [5, 5.41) is 2.71. The highest BCUT2D eigenvalue weighted by molar-refractivity contribution is 5.95. The normalized spacial score (nSPS) is 11.2. The van der Waals surface area contributed by atoms with Gasteiger partial charge in [0.1, 0.15) is 11.4 Å². The van der Waals surface area contributed by atoms with Gasteiger partial charge in [-0.3, -0.25) is 4.79 Å². The Morgan fingerprint density at radius 2 is 2.19 bits per heavy atom. The average Bonchev–Trinajstić information content (AvgIpc) is 2.30. The van der Waals surface area contributed by atoms with Crippen molar-refractivity contribution in [2.45, 2.75) is 32.8 Å². The molecule has 0 fully saturated rings. The first-order valence-electron chi connectivity index (χ1n) is 5.31. The van der Waals surface area contributed by atoms with E-state index in [0.29, 0.717) is 5.82 Å². The van der Waals surface area contributed by atoms with Crippen LogP contribution in [0.15, 0.2) is 18.3 Å². The van der Waals surface area contributed by atoms with Crippen molar-refractivity contribution < 1.29 is 9.53 Å². The molecule has 0 atom stereocenters. The lowest BCUT2D eigenvalue weighted by atomic mass is 10.1. The van der Waals surface area contributed by atoms with Gasteiger partial charge in [-0.15, -0.1) is 0 Å². The number of aryl methyl sites for hydroxylation is 1. The van der Waals surface area contributed by atoms with E-state index in [2.05, 4.69) is 17.2 Å². The summed E-state index contributed by atoms with van der Waals surface area (Å²) in [7, 11) is 1.51. The molecule has 1 rings (SSSR count). The van der Waals surface area contributed by atoms with Gasteiger partial charge in [0.2, 0.25) is 0 Å². The first-order chi connectivity index (χ1) is 7.49. The predicted octanol–water partition coefficient (Wildman–Crippen LogP) is 2.01. The Kier molecular flexibility index (Phi) is 4.01. The monoisotopic (exact) mass is 222 g/mol. The zero-order chi connectivity index (χ0) is 12.2. The van der Waals surface area contributed by atoms with Crippen molar-refractivity contribution in [2.75, 3.05) is 12.4 Å². The van der Waals surface area contributed by atoms with Crippen LogP contribution in [0.2, 0.25) is 0 Å². The number of nitrogens with one attached hydrogen (secondary N) is 1. The highest BCUT2D eigenvalue weighted by Crippen LogP contribution is 2.12. The number of amides is 1. The number of nitrogens with zero attached hydrogens (tertiary/aromatic N) is 1. The minimum absolute atomic E-state index is 0.202. The Balaban J connectivity index is 2.70. The molecule has 0 spiro atoms. The van der Waals surface area contributed by atoms with Crippen LogP contribution in [-0.4, -0.2) is 23.6 Å². The van der Waals surface area contributed by atoms with E-state index in [4.69, 9.17) is 4.74 Å². The Bertz CT molecular complexity index is 358. The third kappa shape index (κ3) is 3.03. The zero-order valence-corrected chi connectivity index (χ0v) is 10.2. The molecule has 1 aromatic rings. The number of hydrogen-bond acceptors (Lipinski definition) is 3. The van der Waals surface area contributed by atoms with Crippen molar-refractivity contribution in [1.29, 1.82) is 0 Å². The zero-order valence-electron chi connectivity index (χ0n) is 10.2. The topological polar surface area (TPSA) is 51.2 Å². The molecule has 1 N–H and O–H groups in total. The number of ether oxygens (including phenoxy) is 1. The van der Waals surface area contributed by atoms with E-state index in [1.807, 2.05) is 6.07 Å². The molecule has 0 aliphatic carbocycles. The van der Waals surface area contributed by atoms with Crippen LogP contribution in [0, 0.1) is 0 Å². The van der Waals surface area contributed by atoms with E-state index in [-0.39, 0.29) is 5.91 Å². The SMILES string of the molecule is CCc1ccc(NC(=O)C(C)(C)OC)nc1. The number of hydrogen-bond donors (Lipinski definition) is 1. The van der Waals surface area contributed by atoms with Gasteiger partial charge < -0.3 is 10.1 Å². The van der Waals surface area contributed by atoms with Gasteiger partial charge in [-0.1, -0.05) is 13.0 Å². The first-order valence-corrected chi connectivity index (χ1v) is 5.31. The average molecular weight is 222 g/mol. The molecule has 4 nitrogen and oxygen atoms in total. The first kappa shape index (κ1) is 12.6. The van der Waals surface area contributed by atoms with Gasteiger partial charge in [-0.25, -0.2) is 4.98 Å². The van der Waals surface area contributed by atoms with Gasteiger partial charge in [0, 0.05) is 13.3 Å². The molecule has 4 heteroatoms. The quantitative estimate of drug-likeness (QED) is 0.847. The highest BCUT2D eigenvalue weighted by Gasteiger charge is 2.27. The Labute approximate surface area is 96.0 Å². The lowest BCUT2D eigenvalue weighted by Crippen LogP contribution is -2.39. The van der Waals surface area contributed by atoms with Gasteiger partial charge in [0.05, 0.1) is 0 Å². The maximum Gasteiger partial charge on any atom is 0.257 e. The number of methoxy groups -OCH3 is 1. The van der Waals surface area contributed by atoms with E-state index < -0.39 is 5.60 Å². The molecule has 1 amide bonds. The van der Waals surface area contributed by atoms with E-state index in [1.54, 1.807) is 26.1 Å². The van der Waals surface area contributed by atoms with Crippen LogP contribution < -0.4 is 5.32 Å². The third-order valence-electron chi connectivity index (χ3n) is 2.53. The molecule has 0 aromatic carbocycles. The van der Waals surface area contributed by atoms with Gasteiger partial charge in [0.25, 0.3) is 5.91 Å². The summed E-state index contributed by atoms with van der Waals surface area (Å²) < 4.78 is 5.08. The second-order valence-corrected chi connectivity index (χ2v) is 4.07. The lowest BCUT2D eigenvalue weighted by Gasteiger charge is -2.21. The number of carbonyl (C=O) groups excluding carboxylic acids is 1. The molecule has 0 bridgehead atoms. The number of anilines is 1. The lowest BCUT2D eigenvalue weighted by molar-refractivity contribution is -0.133. The second-order valence-electron chi connectivity index (χ2n) is 4.07. The minimum atomic E-state index is -0.842. The smallest absolute Gasteiger partial charge is 0.257 e. The highest BCUT2D eigenvalue weighted by atomic mass is 16.5. The number of rotatable bonds is 4. The summed E-state index contributed by atoms with van der Waals surface area (Å²) in [5.74, 6) is 0.346. The van der Waals surface area contributed by atoms with Crippen molar-refractivity contribution in [1.82, 2.24) is 4.98 Å². The summed E-state index contributed by atoms with van der Waals surface area (Å²) >= 11 is 0. The van der Waals surface area contributed by atoms with Crippen LogP contribution in [-0.2, 0) is 16.0 Å². The van der Waals surface area contributed by atoms with E-state index in [0.717, 1.165) is 12.0 Å². The predicted molar refractivity (Wildman–Crippen MR) is 63.3 cm³/mol. The maximum absolute atomic E-state index is 11.7. The van der Waals surface area contributed by atoms with Crippen LogP contribution in [0.25, 0.3) is 0 Å². The fourth-order valence-electron chi connectivity index (χ4n) is 1.07. The van der Waals surface area contributed by atoms with Gasteiger partial charge in [-0.05, 0) is 31.9 Å². The molecule has 0 radical (unpaired) electrons. The maximum atomic E-state index is 11.7.